The Labute approximate surface area is 121 Å². The van der Waals surface area contributed by atoms with Crippen molar-refractivity contribution in [1.29, 1.82) is 0 Å². The van der Waals surface area contributed by atoms with E-state index in [0.717, 1.165) is 48.8 Å². The maximum Gasteiger partial charge on any atom is 0.138 e. The molecule has 4 nitrogen and oxygen atoms in total. The number of pyridine rings is 1. The molecule has 1 N–H and O–H groups in total. The molecule has 2 aromatic rings. The number of hydrogen-bond acceptors (Lipinski definition) is 3. The Bertz CT molecular complexity index is 572. The molecule has 2 heterocycles. The molecule has 2 rings (SSSR count). The summed E-state index contributed by atoms with van der Waals surface area (Å²) >= 11 is 0. The normalized spacial score (nSPS) is 11.0. The third kappa shape index (κ3) is 3.25. The quantitative estimate of drug-likeness (QED) is 0.822. The minimum atomic E-state index is 0.892. The number of nitrogens with zero attached hydrogens (tertiary/aromatic N) is 3. The fraction of sp³-hybridized carbons (Fsp3) is 0.500. The molecule has 20 heavy (non-hydrogen) atoms. The predicted molar refractivity (Wildman–Crippen MR) is 82.2 cm³/mol. The molecule has 0 amide bonds. The molecular weight excluding hydrogens is 248 g/mol. The van der Waals surface area contributed by atoms with Crippen molar-refractivity contribution < 1.29 is 0 Å². The summed E-state index contributed by atoms with van der Waals surface area (Å²) in [5, 5.41) is 3.45. The first kappa shape index (κ1) is 14.7. The molecule has 0 saturated carbocycles. The number of aromatic nitrogens is 3. The van der Waals surface area contributed by atoms with Crippen LogP contribution in [0.1, 0.15) is 42.9 Å². The zero-order valence-corrected chi connectivity index (χ0v) is 12.9. The van der Waals surface area contributed by atoms with E-state index in [1.54, 1.807) is 0 Å². The standard InChI is InChI=1S/C16H24N4/c1-5-7-17-10-14-8-15(6-2)19-16(9-14)20-11-18-12(3)13(20)4/h8-9,11,17H,5-7,10H2,1-4H3. The predicted octanol–water partition coefficient (Wildman–Crippen LogP) is 2.95. The fourth-order valence-corrected chi connectivity index (χ4v) is 2.18. The van der Waals surface area contributed by atoms with Gasteiger partial charge < -0.3 is 5.32 Å². The van der Waals surface area contributed by atoms with Gasteiger partial charge in [0.15, 0.2) is 0 Å². The van der Waals surface area contributed by atoms with Crippen LogP contribution < -0.4 is 5.32 Å². The minimum Gasteiger partial charge on any atom is -0.313 e. The summed E-state index contributed by atoms with van der Waals surface area (Å²) in [4.78, 5) is 9.08. The lowest BCUT2D eigenvalue weighted by Gasteiger charge is -2.11. The smallest absolute Gasteiger partial charge is 0.138 e. The van der Waals surface area contributed by atoms with Crippen LogP contribution in [0.5, 0.6) is 0 Å². The number of hydrogen-bond donors (Lipinski definition) is 1. The highest BCUT2D eigenvalue weighted by molar-refractivity contribution is 5.34. The van der Waals surface area contributed by atoms with E-state index in [0.29, 0.717) is 0 Å². The molecule has 0 saturated heterocycles. The van der Waals surface area contributed by atoms with Gasteiger partial charge in [0.1, 0.15) is 12.1 Å². The molecule has 0 aliphatic heterocycles. The molecule has 0 aromatic carbocycles. The third-order valence-electron chi connectivity index (χ3n) is 3.54. The third-order valence-corrected chi connectivity index (χ3v) is 3.54. The summed E-state index contributed by atoms with van der Waals surface area (Å²) in [6.45, 7) is 10.4. The lowest BCUT2D eigenvalue weighted by molar-refractivity contribution is 0.673. The van der Waals surface area contributed by atoms with Gasteiger partial charge in [0.05, 0.1) is 5.69 Å². The highest BCUT2D eigenvalue weighted by Crippen LogP contribution is 2.15. The van der Waals surface area contributed by atoms with Gasteiger partial charge in [0.2, 0.25) is 0 Å². The van der Waals surface area contributed by atoms with Gasteiger partial charge in [-0.15, -0.1) is 0 Å². The van der Waals surface area contributed by atoms with E-state index >= 15 is 0 Å². The first-order chi connectivity index (χ1) is 9.65. The zero-order valence-electron chi connectivity index (χ0n) is 12.9. The van der Waals surface area contributed by atoms with Gasteiger partial charge in [-0.3, -0.25) is 4.57 Å². The molecule has 0 unspecified atom stereocenters. The van der Waals surface area contributed by atoms with Gasteiger partial charge in [0, 0.05) is 17.9 Å². The van der Waals surface area contributed by atoms with Crippen LogP contribution in [0.25, 0.3) is 5.82 Å². The summed E-state index contributed by atoms with van der Waals surface area (Å²) in [6.07, 6.45) is 3.95. The summed E-state index contributed by atoms with van der Waals surface area (Å²) < 4.78 is 2.07. The van der Waals surface area contributed by atoms with Crippen molar-refractivity contribution in [3.63, 3.8) is 0 Å². The van der Waals surface area contributed by atoms with Gasteiger partial charge >= 0.3 is 0 Å². The number of nitrogens with one attached hydrogen (secondary N) is 1. The van der Waals surface area contributed by atoms with Crippen LogP contribution >= 0.6 is 0 Å². The first-order valence-corrected chi connectivity index (χ1v) is 7.37. The molecule has 0 fully saturated rings. The topological polar surface area (TPSA) is 42.7 Å². The molecule has 0 bridgehead atoms. The maximum absolute atomic E-state index is 4.72. The summed E-state index contributed by atoms with van der Waals surface area (Å²) in [5.74, 6) is 0.968. The monoisotopic (exact) mass is 272 g/mol. The van der Waals surface area contributed by atoms with Crippen molar-refractivity contribution >= 4 is 0 Å². The van der Waals surface area contributed by atoms with Gasteiger partial charge in [-0.1, -0.05) is 13.8 Å². The lowest BCUT2D eigenvalue weighted by Crippen LogP contribution is -2.15. The first-order valence-electron chi connectivity index (χ1n) is 7.37. The van der Waals surface area contributed by atoms with E-state index in [1.807, 2.05) is 13.3 Å². The average Bonchev–Trinajstić information content (AvgIpc) is 2.79. The van der Waals surface area contributed by atoms with Gasteiger partial charge in [-0.2, -0.15) is 0 Å². The second-order valence-electron chi connectivity index (χ2n) is 5.14. The fourth-order valence-electron chi connectivity index (χ4n) is 2.18. The Morgan fingerprint density at radius 2 is 2.00 bits per heavy atom. The molecule has 0 atom stereocenters. The zero-order chi connectivity index (χ0) is 14.5. The summed E-state index contributed by atoms with van der Waals surface area (Å²) in [5.41, 5.74) is 4.62. The van der Waals surface area contributed by atoms with Crippen LogP contribution in [0.2, 0.25) is 0 Å². The van der Waals surface area contributed by atoms with Crippen molar-refractivity contribution in [2.24, 2.45) is 0 Å². The van der Waals surface area contributed by atoms with Gasteiger partial charge in [-0.25, -0.2) is 9.97 Å². The average molecular weight is 272 g/mol. The SMILES string of the molecule is CCCNCc1cc(CC)nc(-n2cnc(C)c2C)c1. The molecule has 0 aliphatic carbocycles. The van der Waals surface area contributed by atoms with E-state index in [2.05, 4.69) is 47.8 Å². The number of rotatable bonds is 6. The van der Waals surface area contributed by atoms with Crippen molar-refractivity contribution in [2.75, 3.05) is 6.54 Å². The van der Waals surface area contributed by atoms with E-state index in [-0.39, 0.29) is 0 Å². The van der Waals surface area contributed by atoms with Crippen LogP contribution in [0.4, 0.5) is 0 Å². The van der Waals surface area contributed by atoms with Gasteiger partial charge in [-0.05, 0) is 50.9 Å². The van der Waals surface area contributed by atoms with Crippen molar-refractivity contribution in [3.05, 3.63) is 41.1 Å². The van der Waals surface area contributed by atoms with E-state index in [9.17, 15) is 0 Å². The molecule has 0 aliphatic rings. The summed E-state index contributed by atoms with van der Waals surface area (Å²) in [6, 6.07) is 4.33. The number of imidazole rings is 1. The highest BCUT2D eigenvalue weighted by atomic mass is 15.1. The minimum absolute atomic E-state index is 0.892. The second-order valence-corrected chi connectivity index (χ2v) is 5.14. The Hall–Kier alpha value is -1.68. The highest BCUT2D eigenvalue weighted by Gasteiger charge is 2.08. The van der Waals surface area contributed by atoms with Crippen LogP contribution in [-0.4, -0.2) is 21.1 Å². The molecule has 108 valence electrons. The van der Waals surface area contributed by atoms with Crippen LogP contribution in [-0.2, 0) is 13.0 Å². The van der Waals surface area contributed by atoms with Gasteiger partial charge in [0.25, 0.3) is 0 Å². The Kier molecular flexibility index (Phi) is 4.90. The Balaban J connectivity index is 2.32. The van der Waals surface area contributed by atoms with E-state index < -0.39 is 0 Å². The molecule has 0 radical (unpaired) electrons. The summed E-state index contributed by atoms with van der Waals surface area (Å²) in [7, 11) is 0. The Morgan fingerprint density at radius 3 is 2.60 bits per heavy atom. The van der Waals surface area contributed by atoms with Crippen molar-refractivity contribution in [1.82, 2.24) is 19.9 Å². The molecule has 0 spiro atoms. The number of aryl methyl sites for hydroxylation is 2. The van der Waals surface area contributed by atoms with Crippen molar-refractivity contribution in [3.8, 4) is 5.82 Å². The molecule has 4 heteroatoms. The Morgan fingerprint density at radius 1 is 1.20 bits per heavy atom. The molecular formula is C16H24N4. The lowest BCUT2D eigenvalue weighted by atomic mass is 10.2. The maximum atomic E-state index is 4.72. The van der Waals surface area contributed by atoms with Crippen LogP contribution in [0, 0.1) is 13.8 Å². The van der Waals surface area contributed by atoms with E-state index in [4.69, 9.17) is 4.98 Å². The largest absolute Gasteiger partial charge is 0.313 e. The van der Waals surface area contributed by atoms with Crippen molar-refractivity contribution in [2.45, 2.75) is 47.1 Å². The van der Waals surface area contributed by atoms with Crippen LogP contribution in [0.15, 0.2) is 18.5 Å². The molecule has 2 aromatic heterocycles. The van der Waals surface area contributed by atoms with Crippen LogP contribution in [0.3, 0.4) is 0 Å². The van der Waals surface area contributed by atoms with E-state index in [1.165, 1.54) is 5.56 Å². The second kappa shape index (κ2) is 6.66.